The van der Waals surface area contributed by atoms with Crippen LogP contribution in [0.25, 0.3) is 0 Å². The number of aliphatic hydroxyl groups excluding tert-OH is 1. The molecule has 3 N–H and O–H groups in total. The topological polar surface area (TPSA) is 108 Å². The molecule has 3 fully saturated rings. The van der Waals surface area contributed by atoms with Crippen LogP contribution < -0.4 is 10.6 Å². The first-order chi connectivity index (χ1) is 16.2. The number of alkyl halides is 1. The van der Waals surface area contributed by atoms with E-state index in [9.17, 15) is 19.5 Å². The Hall–Kier alpha value is -1.97. The Labute approximate surface area is 208 Å². The summed E-state index contributed by atoms with van der Waals surface area (Å²) in [7, 11) is 0. The number of halogens is 1. The average molecular weight is 536 g/mol. The van der Waals surface area contributed by atoms with E-state index in [1.165, 1.54) is 0 Å². The highest BCUT2D eigenvalue weighted by molar-refractivity contribution is 9.09. The number of amides is 3. The molecule has 9 heteroatoms. The number of aliphatic hydroxyl groups is 1. The highest BCUT2D eigenvalue weighted by Gasteiger charge is 2.76. The number of fused-ring (bicyclic) bond motifs is 1. The molecule has 3 aliphatic rings. The first kappa shape index (κ1) is 25.1. The molecule has 1 aromatic rings. The number of benzene rings is 1. The van der Waals surface area contributed by atoms with Gasteiger partial charge in [-0.15, -0.1) is 0 Å². The zero-order chi connectivity index (χ0) is 24.6. The number of likely N-dealkylation sites (tertiary alicyclic amines) is 1. The van der Waals surface area contributed by atoms with Crippen molar-refractivity contribution in [3.8, 4) is 0 Å². The number of nitrogens with zero attached hydrogens (tertiary/aromatic N) is 1. The highest BCUT2D eigenvalue weighted by Crippen LogP contribution is 2.60. The van der Waals surface area contributed by atoms with Crippen LogP contribution in [0, 0.1) is 25.7 Å². The van der Waals surface area contributed by atoms with Crippen LogP contribution >= 0.6 is 15.9 Å². The number of carbonyl (C=O) groups is 3. The molecule has 3 amide bonds. The fourth-order valence-electron chi connectivity index (χ4n) is 5.80. The van der Waals surface area contributed by atoms with E-state index in [0.29, 0.717) is 38.0 Å². The Morgan fingerprint density at radius 2 is 2.03 bits per heavy atom. The van der Waals surface area contributed by atoms with Gasteiger partial charge in [0.15, 0.2) is 0 Å². The van der Waals surface area contributed by atoms with E-state index in [0.717, 1.165) is 17.5 Å². The second kappa shape index (κ2) is 9.95. The minimum atomic E-state index is -1.06. The van der Waals surface area contributed by atoms with E-state index in [1.54, 1.807) is 4.90 Å². The second-order valence-electron chi connectivity index (χ2n) is 9.72. The van der Waals surface area contributed by atoms with Gasteiger partial charge < -0.3 is 25.4 Å². The molecule has 3 unspecified atom stereocenters. The lowest BCUT2D eigenvalue weighted by Gasteiger charge is -2.34. The largest absolute Gasteiger partial charge is 0.396 e. The van der Waals surface area contributed by atoms with E-state index in [2.05, 4.69) is 26.6 Å². The van der Waals surface area contributed by atoms with Gasteiger partial charge in [0.1, 0.15) is 11.6 Å². The molecule has 3 aliphatic heterocycles. The standard InChI is InChI=1S/C25H34BrN3O5/c1-4-9-27-22(31)18-19-24(33)29(10-5-6-11-30)21(25(19)13-16(26)20(18)34-25)23(32)28-17-12-14(2)7-8-15(17)3/h7-8,12,16,18-21,30H,4-6,9-11,13H2,1-3H3,(H,27,31)(H,28,32)/t16?,18-,19-,20-,21?,25?/m0/s1. The molecular weight excluding hydrogens is 502 g/mol. The van der Waals surface area contributed by atoms with Crippen molar-refractivity contribution < 1.29 is 24.2 Å². The van der Waals surface area contributed by atoms with Crippen molar-refractivity contribution in [1.82, 2.24) is 10.2 Å². The van der Waals surface area contributed by atoms with Crippen molar-refractivity contribution in [2.45, 2.75) is 69.0 Å². The van der Waals surface area contributed by atoms with Crippen LogP contribution in [-0.4, -0.2) is 70.0 Å². The first-order valence-electron chi connectivity index (χ1n) is 12.1. The van der Waals surface area contributed by atoms with Gasteiger partial charge in [-0.3, -0.25) is 14.4 Å². The molecule has 1 spiro atoms. The lowest BCUT2D eigenvalue weighted by Crippen LogP contribution is -2.54. The van der Waals surface area contributed by atoms with Gasteiger partial charge in [0.2, 0.25) is 17.7 Å². The first-order valence-corrected chi connectivity index (χ1v) is 13.1. The Bertz CT molecular complexity index is 972. The lowest BCUT2D eigenvalue weighted by molar-refractivity contribution is -0.140. The SMILES string of the molecule is CCCNC(=O)[C@H]1[C@H]2C(=O)N(CCCCO)C(C(=O)Nc3cc(C)ccc3C)C23CC(Br)[C@@H]1O3. The summed E-state index contributed by atoms with van der Waals surface area (Å²) in [5.74, 6) is -2.05. The minimum absolute atomic E-state index is 0.0139. The van der Waals surface area contributed by atoms with Crippen LogP contribution in [-0.2, 0) is 19.1 Å². The number of rotatable bonds is 9. The van der Waals surface area contributed by atoms with Crippen LogP contribution in [0.4, 0.5) is 5.69 Å². The Morgan fingerprint density at radius 3 is 2.74 bits per heavy atom. The number of unbranched alkanes of at least 4 members (excludes halogenated alkanes) is 1. The second-order valence-corrected chi connectivity index (χ2v) is 10.9. The summed E-state index contributed by atoms with van der Waals surface area (Å²) in [4.78, 5) is 42.1. The molecule has 0 saturated carbocycles. The molecule has 186 valence electrons. The summed E-state index contributed by atoms with van der Waals surface area (Å²) < 4.78 is 6.46. The van der Waals surface area contributed by atoms with Crippen molar-refractivity contribution in [1.29, 1.82) is 0 Å². The van der Waals surface area contributed by atoms with Gasteiger partial charge in [-0.05, 0) is 56.7 Å². The van der Waals surface area contributed by atoms with Gasteiger partial charge in [-0.25, -0.2) is 0 Å². The van der Waals surface area contributed by atoms with Crippen molar-refractivity contribution in [2.75, 3.05) is 25.0 Å². The van der Waals surface area contributed by atoms with Crippen molar-refractivity contribution in [3.63, 3.8) is 0 Å². The molecule has 1 aromatic carbocycles. The Kier molecular flexibility index (Phi) is 7.36. The van der Waals surface area contributed by atoms with E-state index < -0.39 is 29.6 Å². The van der Waals surface area contributed by atoms with Gasteiger partial charge in [-0.2, -0.15) is 0 Å². The fourth-order valence-corrected chi connectivity index (χ4v) is 6.74. The van der Waals surface area contributed by atoms with Gasteiger partial charge in [0.05, 0.1) is 17.9 Å². The number of nitrogens with one attached hydrogen (secondary N) is 2. The lowest BCUT2D eigenvalue weighted by atomic mass is 9.70. The normalized spacial score (nSPS) is 31.6. The van der Waals surface area contributed by atoms with Crippen LogP contribution in [0.5, 0.6) is 0 Å². The van der Waals surface area contributed by atoms with E-state index in [1.807, 2.05) is 39.0 Å². The third-order valence-corrected chi connectivity index (χ3v) is 8.19. The smallest absolute Gasteiger partial charge is 0.250 e. The molecule has 8 nitrogen and oxygen atoms in total. The Morgan fingerprint density at radius 1 is 1.26 bits per heavy atom. The number of aryl methyl sites for hydroxylation is 2. The van der Waals surface area contributed by atoms with Crippen LogP contribution in [0.3, 0.4) is 0 Å². The molecule has 3 saturated heterocycles. The fraction of sp³-hybridized carbons (Fsp3) is 0.640. The van der Waals surface area contributed by atoms with Crippen molar-refractivity contribution >= 4 is 39.3 Å². The molecule has 2 bridgehead atoms. The van der Waals surface area contributed by atoms with Crippen LogP contribution in [0.2, 0.25) is 0 Å². The maximum absolute atomic E-state index is 13.8. The zero-order valence-corrected chi connectivity index (χ0v) is 21.6. The maximum Gasteiger partial charge on any atom is 0.250 e. The number of ether oxygens (including phenoxy) is 1. The minimum Gasteiger partial charge on any atom is -0.396 e. The predicted molar refractivity (Wildman–Crippen MR) is 132 cm³/mol. The molecule has 0 aromatic heterocycles. The number of hydrogen-bond donors (Lipinski definition) is 3. The van der Waals surface area contributed by atoms with Gasteiger partial charge in [-0.1, -0.05) is 35.0 Å². The molecule has 0 radical (unpaired) electrons. The number of anilines is 1. The summed E-state index contributed by atoms with van der Waals surface area (Å²) in [5.41, 5.74) is 1.58. The Balaban J connectivity index is 1.69. The maximum atomic E-state index is 13.8. The monoisotopic (exact) mass is 535 g/mol. The van der Waals surface area contributed by atoms with E-state index in [-0.39, 0.29) is 29.2 Å². The third-order valence-electron chi connectivity index (χ3n) is 7.35. The predicted octanol–water partition coefficient (Wildman–Crippen LogP) is 2.29. The summed E-state index contributed by atoms with van der Waals surface area (Å²) in [6.07, 6.45) is 1.90. The van der Waals surface area contributed by atoms with Gasteiger partial charge in [0.25, 0.3) is 0 Å². The summed E-state index contributed by atoms with van der Waals surface area (Å²) in [5, 5.41) is 15.2. The third kappa shape index (κ3) is 4.16. The van der Waals surface area contributed by atoms with Gasteiger partial charge in [0, 0.05) is 30.2 Å². The summed E-state index contributed by atoms with van der Waals surface area (Å²) >= 11 is 3.67. The van der Waals surface area contributed by atoms with Crippen LogP contribution in [0.1, 0.15) is 43.7 Å². The van der Waals surface area contributed by atoms with E-state index in [4.69, 9.17) is 4.74 Å². The molecule has 0 aliphatic carbocycles. The number of carbonyl (C=O) groups excluding carboxylic acids is 3. The summed E-state index contributed by atoms with van der Waals surface area (Å²) in [6.45, 7) is 6.73. The molecule has 6 atom stereocenters. The molecule has 34 heavy (non-hydrogen) atoms. The van der Waals surface area contributed by atoms with E-state index >= 15 is 0 Å². The molecule has 4 rings (SSSR count). The van der Waals surface area contributed by atoms with Crippen LogP contribution in [0.15, 0.2) is 18.2 Å². The highest BCUT2D eigenvalue weighted by atomic mass is 79.9. The molecular formula is C25H34BrN3O5. The van der Waals surface area contributed by atoms with Crippen molar-refractivity contribution in [2.24, 2.45) is 11.8 Å². The average Bonchev–Trinajstić information content (AvgIpc) is 3.38. The van der Waals surface area contributed by atoms with Gasteiger partial charge >= 0.3 is 0 Å². The zero-order valence-electron chi connectivity index (χ0n) is 20.0. The van der Waals surface area contributed by atoms with Crippen molar-refractivity contribution in [3.05, 3.63) is 29.3 Å². The molecule has 3 heterocycles. The summed E-state index contributed by atoms with van der Waals surface area (Å²) in [6, 6.07) is 5.00. The quantitative estimate of drug-likeness (QED) is 0.332. The number of hydrogen-bond acceptors (Lipinski definition) is 5.